The van der Waals surface area contributed by atoms with Crippen LogP contribution >= 0.6 is 0 Å². The lowest BCUT2D eigenvalue weighted by Crippen LogP contribution is -2.21. The molecule has 0 heterocycles. The highest BCUT2D eigenvalue weighted by Gasteiger charge is 2.33. The van der Waals surface area contributed by atoms with Gasteiger partial charge in [0.1, 0.15) is 5.75 Å². The lowest BCUT2D eigenvalue weighted by molar-refractivity contribution is -0.136. The Morgan fingerprint density at radius 1 is 1.00 bits per heavy atom. The van der Waals surface area contributed by atoms with Gasteiger partial charge in [-0.15, -0.1) is 0 Å². The summed E-state index contributed by atoms with van der Waals surface area (Å²) in [4.78, 5) is 11.9. The quantitative estimate of drug-likeness (QED) is 0.811. The first-order chi connectivity index (χ1) is 11.3. The number of urea groups is 1. The third-order valence-corrected chi connectivity index (χ3v) is 2.96. The predicted octanol–water partition coefficient (Wildman–Crippen LogP) is 5.14. The van der Waals surface area contributed by atoms with Gasteiger partial charge in [-0.25, -0.2) is 4.79 Å². The summed E-state index contributed by atoms with van der Waals surface area (Å²) in [5.41, 5.74) is -0.767. The van der Waals surface area contributed by atoms with E-state index in [4.69, 9.17) is 4.74 Å². The summed E-state index contributed by atoms with van der Waals surface area (Å²) in [6.07, 6.45) is -4.52. The van der Waals surface area contributed by atoms with Gasteiger partial charge in [0, 0.05) is 5.69 Å². The maximum Gasteiger partial charge on any atom is 0.418 e. The van der Waals surface area contributed by atoms with Crippen LogP contribution in [0, 0.1) is 0 Å². The largest absolute Gasteiger partial charge is 0.491 e. The molecule has 24 heavy (non-hydrogen) atoms. The Labute approximate surface area is 137 Å². The molecule has 2 rings (SSSR count). The van der Waals surface area contributed by atoms with E-state index >= 15 is 0 Å². The summed E-state index contributed by atoms with van der Waals surface area (Å²) >= 11 is 0. The van der Waals surface area contributed by atoms with Crippen LogP contribution in [0.2, 0.25) is 0 Å². The topological polar surface area (TPSA) is 50.4 Å². The van der Waals surface area contributed by atoms with E-state index in [1.807, 2.05) is 13.8 Å². The zero-order valence-electron chi connectivity index (χ0n) is 13.1. The number of carbonyl (C=O) groups excluding carboxylic acids is 1. The fourth-order valence-corrected chi connectivity index (χ4v) is 2.01. The number of para-hydroxylation sites is 1. The van der Waals surface area contributed by atoms with Crippen molar-refractivity contribution >= 4 is 17.4 Å². The maximum atomic E-state index is 12.9. The first kappa shape index (κ1) is 17.7. The van der Waals surface area contributed by atoms with E-state index in [9.17, 15) is 18.0 Å². The van der Waals surface area contributed by atoms with Crippen molar-refractivity contribution < 1.29 is 22.7 Å². The average Bonchev–Trinajstić information content (AvgIpc) is 2.48. The van der Waals surface area contributed by atoms with Crippen LogP contribution in [0.4, 0.5) is 29.3 Å². The number of hydrogen-bond acceptors (Lipinski definition) is 2. The van der Waals surface area contributed by atoms with Crippen molar-refractivity contribution in [1.29, 1.82) is 0 Å². The highest BCUT2D eigenvalue weighted by molar-refractivity contribution is 6.00. The smallest absolute Gasteiger partial charge is 0.418 e. The predicted molar refractivity (Wildman–Crippen MR) is 86.3 cm³/mol. The average molecular weight is 338 g/mol. The molecule has 2 N–H and O–H groups in total. The molecule has 0 unspecified atom stereocenters. The molecule has 0 spiro atoms. The number of halogens is 3. The third kappa shape index (κ3) is 4.91. The van der Waals surface area contributed by atoms with Gasteiger partial charge in [-0.2, -0.15) is 13.2 Å². The Kier molecular flexibility index (Phi) is 5.33. The van der Waals surface area contributed by atoms with Crippen LogP contribution in [0.5, 0.6) is 5.75 Å². The summed E-state index contributed by atoms with van der Waals surface area (Å²) in [6.45, 7) is 3.77. The first-order valence-electron chi connectivity index (χ1n) is 7.26. The van der Waals surface area contributed by atoms with Crippen molar-refractivity contribution in [2.45, 2.75) is 26.1 Å². The molecule has 2 aromatic carbocycles. The zero-order chi connectivity index (χ0) is 17.7. The van der Waals surface area contributed by atoms with E-state index in [2.05, 4.69) is 10.6 Å². The minimum atomic E-state index is -4.54. The third-order valence-electron chi connectivity index (χ3n) is 2.96. The van der Waals surface area contributed by atoms with Crippen molar-refractivity contribution in [3.05, 3.63) is 54.1 Å². The minimum Gasteiger partial charge on any atom is -0.491 e. The standard InChI is InChI=1S/C17H17F3N2O2/c1-11(2)24-13-9-7-12(8-10-13)21-16(23)22-15-6-4-3-5-14(15)17(18,19)20/h3-11H,1-2H3,(H2,21,22,23). The molecule has 0 radical (unpaired) electrons. The van der Waals surface area contributed by atoms with Crippen molar-refractivity contribution in [2.75, 3.05) is 10.6 Å². The molecule has 0 aliphatic heterocycles. The normalized spacial score (nSPS) is 11.2. The number of alkyl halides is 3. The Balaban J connectivity index is 2.04. The molecule has 0 fully saturated rings. The molecule has 4 nitrogen and oxygen atoms in total. The van der Waals surface area contributed by atoms with Crippen molar-refractivity contribution in [3.8, 4) is 5.75 Å². The number of ether oxygens (including phenoxy) is 1. The first-order valence-corrected chi connectivity index (χ1v) is 7.26. The van der Waals surface area contributed by atoms with Crippen LogP contribution in [0.25, 0.3) is 0 Å². The Hall–Kier alpha value is -2.70. The Bertz CT molecular complexity index is 698. The molecule has 0 aliphatic rings. The van der Waals surface area contributed by atoms with E-state index in [-0.39, 0.29) is 11.8 Å². The summed E-state index contributed by atoms with van der Waals surface area (Å²) < 4.78 is 44.1. The van der Waals surface area contributed by atoms with Gasteiger partial charge in [-0.05, 0) is 50.2 Å². The SMILES string of the molecule is CC(C)Oc1ccc(NC(=O)Nc2ccccc2C(F)(F)F)cc1. The van der Waals surface area contributed by atoms with Gasteiger partial charge in [0.15, 0.2) is 0 Å². The molecule has 0 saturated heterocycles. The number of carbonyl (C=O) groups is 1. The second-order valence-corrected chi connectivity index (χ2v) is 5.31. The monoisotopic (exact) mass is 338 g/mol. The fourth-order valence-electron chi connectivity index (χ4n) is 2.01. The molecule has 0 atom stereocenters. The van der Waals surface area contributed by atoms with Crippen LogP contribution in [-0.2, 0) is 6.18 Å². The van der Waals surface area contributed by atoms with E-state index in [1.165, 1.54) is 18.2 Å². The number of rotatable bonds is 4. The second kappa shape index (κ2) is 7.25. The van der Waals surface area contributed by atoms with Crippen molar-refractivity contribution in [2.24, 2.45) is 0 Å². The van der Waals surface area contributed by atoms with Gasteiger partial charge < -0.3 is 15.4 Å². The molecule has 0 aliphatic carbocycles. The molecule has 0 saturated carbocycles. The molecule has 7 heteroatoms. The lowest BCUT2D eigenvalue weighted by Gasteiger charge is -2.14. The van der Waals surface area contributed by atoms with Gasteiger partial charge in [-0.1, -0.05) is 12.1 Å². The summed E-state index contributed by atoms with van der Waals surface area (Å²) in [7, 11) is 0. The highest BCUT2D eigenvalue weighted by Crippen LogP contribution is 2.34. The number of nitrogens with one attached hydrogen (secondary N) is 2. The summed E-state index contributed by atoms with van der Waals surface area (Å²) in [5.74, 6) is 0.637. The van der Waals surface area contributed by atoms with Crippen LogP contribution in [0.15, 0.2) is 48.5 Å². The molecular weight excluding hydrogens is 321 g/mol. The number of anilines is 2. The number of benzene rings is 2. The van der Waals surface area contributed by atoms with Crippen LogP contribution in [0.1, 0.15) is 19.4 Å². The maximum absolute atomic E-state index is 12.9. The van der Waals surface area contributed by atoms with Gasteiger partial charge in [0.05, 0.1) is 17.4 Å². The molecule has 128 valence electrons. The summed E-state index contributed by atoms with van der Waals surface area (Å²) in [6, 6.07) is 10.6. The van der Waals surface area contributed by atoms with Gasteiger partial charge >= 0.3 is 12.2 Å². The van der Waals surface area contributed by atoms with Gasteiger partial charge in [-0.3, -0.25) is 0 Å². The summed E-state index contributed by atoms with van der Waals surface area (Å²) in [5, 5.41) is 4.69. The molecule has 0 aromatic heterocycles. The van der Waals surface area contributed by atoms with Gasteiger partial charge in [0.2, 0.25) is 0 Å². The zero-order valence-corrected chi connectivity index (χ0v) is 13.1. The minimum absolute atomic E-state index is 0.0194. The highest BCUT2D eigenvalue weighted by atomic mass is 19.4. The molecule has 0 bridgehead atoms. The Morgan fingerprint density at radius 3 is 2.21 bits per heavy atom. The van der Waals surface area contributed by atoms with E-state index < -0.39 is 17.8 Å². The van der Waals surface area contributed by atoms with Crippen LogP contribution in [-0.4, -0.2) is 12.1 Å². The van der Waals surface area contributed by atoms with Crippen molar-refractivity contribution in [3.63, 3.8) is 0 Å². The second-order valence-electron chi connectivity index (χ2n) is 5.31. The van der Waals surface area contributed by atoms with E-state index in [0.717, 1.165) is 6.07 Å². The molecule has 2 amide bonds. The molecular formula is C17H17F3N2O2. The lowest BCUT2D eigenvalue weighted by atomic mass is 10.1. The fraction of sp³-hybridized carbons (Fsp3) is 0.235. The Morgan fingerprint density at radius 2 is 1.62 bits per heavy atom. The van der Waals surface area contributed by atoms with Crippen LogP contribution < -0.4 is 15.4 Å². The molecule has 2 aromatic rings. The van der Waals surface area contributed by atoms with E-state index in [1.54, 1.807) is 24.3 Å². The van der Waals surface area contributed by atoms with Gasteiger partial charge in [0.25, 0.3) is 0 Å². The number of hydrogen-bond donors (Lipinski definition) is 2. The van der Waals surface area contributed by atoms with Crippen LogP contribution in [0.3, 0.4) is 0 Å². The van der Waals surface area contributed by atoms with E-state index in [0.29, 0.717) is 11.4 Å². The number of amides is 2. The van der Waals surface area contributed by atoms with Crippen molar-refractivity contribution in [1.82, 2.24) is 0 Å².